The van der Waals surface area contributed by atoms with Crippen molar-refractivity contribution in [2.24, 2.45) is 0 Å². The summed E-state index contributed by atoms with van der Waals surface area (Å²) in [6.07, 6.45) is 3.39. The van der Waals surface area contributed by atoms with Crippen LogP contribution in [0.2, 0.25) is 0 Å². The van der Waals surface area contributed by atoms with Gasteiger partial charge in [-0.05, 0) is 37.3 Å². The molecule has 1 unspecified atom stereocenters. The molecule has 2 nitrogen and oxygen atoms in total. The van der Waals surface area contributed by atoms with Crippen molar-refractivity contribution in [3.63, 3.8) is 0 Å². The molecule has 2 heteroatoms. The Bertz CT molecular complexity index is 327. The number of nitrogens with one attached hydrogen (secondary N) is 1. The number of benzene rings is 1. The molecule has 0 radical (unpaired) electrons. The zero-order valence-corrected chi connectivity index (χ0v) is 10.9. The van der Waals surface area contributed by atoms with Crippen LogP contribution in [0.25, 0.3) is 0 Å². The molecule has 0 aromatic heterocycles. The minimum Gasteiger partial charge on any atom is -0.381 e. The van der Waals surface area contributed by atoms with Crippen LogP contribution >= 0.6 is 0 Å². The maximum atomic E-state index is 5.38. The van der Waals surface area contributed by atoms with Gasteiger partial charge in [-0.3, -0.25) is 0 Å². The molecule has 1 aromatic rings. The molecule has 94 valence electrons. The molecule has 1 aliphatic rings. The summed E-state index contributed by atoms with van der Waals surface area (Å²) in [5.74, 6) is 0. The normalized spacial score (nSPS) is 19.2. The second-order valence-corrected chi connectivity index (χ2v) is 4.87. The first kappa shape index (κ1) is 12.6. The predicted octanol–water partition coefficient (Wildman–Crippen LogP) is 3.08. The lowest BCUT2D eigenvalue weighted by atomic mass is 10.0. The van der Waals surface area contributed by atoms with Gasteiger partial charge in [0.05, 0.1) is 0 Å². The van der Waals surface area contributed by atoms with Gasteiger partial charge in [0.1, 0.15) is 0 Å². The standard InChI is InChI=1S/C15H23NO/c1-3-13-4-6-14(7-5-13)12(2)16-15-8-10-17-11-9-15/h4-7,12,15-16H,3,8-11H2,1-2H3. The fourth-order valence-electron chi connectivity index (χ4n) is 2.36. The average Bonchev–Trinajstić information content (AvgIpc) is 2.40. The minimum atomic E-state index is 0.434. The second-order valence-electron chi connectivity index (χ2n) is 4.87. The van der Waals surface area contributed by atoms with Crippen LogP contribution in [-0.4, -0.2) is 19.3 Å². The smallest absolute Gasteiger partial charge is 0.0480 e. The quantitative estimate of drug-likeness (QED) is 0.863. The lowest BCUT2D eigenvalue weighted by molar-refractivity contribution is 0.0754. The molecule has 2 rings (SSSR count). The van der Waals surface area contributed by atoms with Gasteiger partial charge in [-0.25, -0.2) is 0 Å². The van der Waals surface area contributed by atoms with Gasteiger partial charge in [-0.15, -0.1) is 0 Å². The van der Waals surface area contributed by atoms with E-state index in [0.29, 0.717) is 12.1 Å². The molecule has 1 saturated heterocycles. The van der Waals surface area contributed by atoms with Crippen LogP contribution in [0.5, 0.6) is 0 Å². The summed E-state index contributed by atoms with van der Waals surface area (Å²) in [5.41, 5.74) is 2.79. The Labute approximate surface area is 104 Å². The molecule has 1 N–H and O–H groups in total. The van der Waals surface area contributed by atoms with Gasteiger partial charge in [0.15, 0.2) is 0 Å². The van der Waals surface area contributed by atoms with E-state index in [0.717, 1.165) is 32.5 Å². The third-order valence-electron chi connectivity index (χ3n) is 3.59. The zero-order chi connectivity index (χ0) is 12.1. The number of rotatable bonds is 4. The molecule has 0 aliphatic carbocycles. The van der Waals surface area contributed by atoms with Gasteiger partial charge in [-0.1, -0.05) is 31.2 Å². The first-order valence-corrected chi connectivity index (χ1v) is 6.72. The fraction of sp³-hybridized carbons (Fsp3) is 0.600. The first-order chi connectivity index (χ1) is 8.29. The van der Waals surface area contributed by atoms with E-state index in [2.05, 4.69) is 43.4 Å². The highest BCUT2D eigenvalue weighted by atomic mass is 16.5. The summed E-state index contributed by atoms with van der Waals surface area (Å²) in [6, 6.07) is 10.0. The number of aryl methyl sites for hydroxylation is 1. The van der Waals surface area contributed by atoms with E-state index in [-0.39, 0.29) is 0 Å². The average molecular weight is 233 g/mol. The second kappa shape index (κ2) is 6.18. The Kier molecular flexibility index (Phi) is 4.57. The molecule has 0 bridgehead atoms. The summed E-state index contributed by atoms with van der Waals surface area (Å²) < 4.78 is 5.38. The number of hydrogen-bond donors (Lipinski definition) is 1. The zero-order valence-electron chi connectivity index (χ0n) is 10.9. The minimum absolute atomic E-state index is 0.434. The molecule has 1 atom stereocenters. The van der Waals surface area contributed by atoms with Gasteiger partial charge in [0.25, 0.3) is 0 Å². The maximum Gasteiger partial charge on any atom is 0.0480 e. The van der Waals surface area contributed by atoms with Crippen LogP contribution in [-0.2, 0) is 11.2 Å². The van der Waals surface area contributed by atoms with E-state index in [1.54, 1.807) is 0 Å². The SMILES string of the molecule is CCc1ccc(C(C)NC2CCOCC2)cc1. The van der Waals surface area contributed by atoms with Gasteiger partial charge in [-0.2, -0.15) is 0 Å². The van der Waals surface area contributed by atoms with Crippen molar-refractivity contribution in [3.05, 3.63) is 35.4 Å². The molecular weight excluding hydrogens is 210 g/mol. The Morgan fingerprint density at radius 1 is 1.24 bits per heavy atom. The molecule has 1 aliphatic heterocycles. The maximum absolute atomic E-state index is 5.38. The summed E-state index contributed by atoms with van der Waals surface area (Å²) >= 11 is 0. The van der Waals surface area contributed by atoms with Crippen molar-refractivity contribution in [2.75, 3.05) is 13.2 Å². The summed E-state index contributed by atoms with van der Waals surface area (Å²) in [7, 11) is 0. The van der Waals surface area contributed by atoms with Crippen LogP contribution in [0.3, 0.4) is 0 Å². The molecule has 1 fully saturated rings. The van der Waals surface area contributed by atoms with E-state index in [9.17, 15) is 0 Å². The Hall–Kier alpha value is -0.860. The largest absolute Gasteiger partial charge is 0.381 e. The monoisotopic (exact) mass is 233 g/mol. The van der Waals surface area contributed by atoms with E-state index in [4.69, 9.17) is 4.74 Å². The van der Waals surface area contributed by atoms with Gasteiger partial charge in [0, 0.05) is 25.3 Å². The Morgan fingerprint density at radius 2 is 1.88 bits per heavy atom. The van der Waals surface area contributed by atoms with Gasteiger partial charge < -0.3 is 10.1 Å². The van der Waals surface area contributed by atoms with Crippen molar-refractivity contribution in [1.29, 1.82) is 0 Å². The van der Waals surface area contributed by atoms with Crippen LogP contribution in [0, 0.1) is 0 Å². The van der Waals surface area contributed by atoms with E-state index >= 15 is 0 Å². The van der Waals surface area contributed by atoms with Crippen molar-refractivity contribution in [2.45, 2.75) is 45.2 Å². The first-order valence-electron chi connectivity index (χ1n) is 6.72. The summed E-state index contributed by atoms with van der Waals surface area (Å²) in [5, 5.41) is 3.69. The van der Waals surface area contributed by atoms with Crippen LogP contribution in [0.4, 0.5) is 0 Å². The molecule has 0 spiro atoms. The Balaban J connectivity index is 1.91. The molecular formula is C15H23NO. The summed E-state index contributed by atoms with van der Waals surface area (Å²) in [4.78, 5) is 0. The highest BCUT2D eigenvalue weighted by Gasteiger charge is 2.16. The summed E-state index contributed by atoms with van der Waals surface area (Å²) in [6.45, 7) is 6.24. The van der Waals surface area contributed by atoms with Crippen molar-refractivity contribution < 1.29 is 4.74 Å². The third-order valence-corrected chi connectivity index (χ3v) is 3.59. The van der Waals surface area contributed by atoms with Crippen LogP contribution < -0.4 is 5.32 Å². The van der Waals surface area contributed by atoms with E-state index < -0.39 is 0 Å². The predicted molar refractivity (Wildman–Crippen MR) is 71.2 cm³/mol. The molecule has 1 heterocycles. The number of hydrogen-bond acceptors (Lipinski definition) is 2. The highest BCUT2D eigenvalue weighted by Crippen LogP contribution is 2.17. The van der Waals surface area contributed by atoms with Crippen LogP contribution in [0.1, 0.15) is 43.9 Å². The molecule has 0 amide bonds. The molecule has 0 saturated carbocycles. The van der Waals surface area contributed by atoms with E-state index in [1.807, 2.05) is 0 Å². The Morgan fingerprint density at radius 3 is 2.47 bits per heavy atom. The lowest BCUT2D eigenvalue weighted by Gasteiger charge is -2.27. The van der Waals surface area contributed by atoms with Gasteiger partial charge in [0.2, 0.25) is 0 Å². The van der Waals surface area contributed by atoms with E-state index in [1.165, 1.54) is 11.1 Å². The highest BCUT2D eigenvalue weighted by molar-refractivity contribution is 5.24. The van der Waals surface area contributed by atoms with Crippen molar-refractivity contribution in [1.82, 2.24) is 5.32 Å². The van der Waals surface area contributed by atoms with Gasteiger partial charge >= 0.3 is 0 Å². The fourth-order valence-corrected chi connectivity index (χ4v) is 2.36. The molecule has 1 aromatic carbocycles. The topological polar surface area (TPSA) is 21.3 Å². The third kappa shape index (κ3) is 3.55. The van der Waals surface area contributed by atoms with Crippen LogP contribution in [0.15, 0.2) is 24.3 Å². The number of ether oxygens (including phenoxy) is 1. The lowest BCUT2D eigenvalue weighted by Crippen LogP contribution is -2.36. The van der Waals surface area contributed by atoms with Crippen molar-refractivity contribution in [3.8, 4) is 0 Å². The van der Waals surface area contributed by atoms with Crippen molar-refractivity contribution >= 4 is 0 Å². The molecule has 17 heavy (non-hydrogen) atoms.